The first-order chi connectivity index (χ1) is 16.4. The van der Waals surface area contributed by atoms with Crippen LogP contribution in [-0.2, 0) is 0 Å². The van der Waals surface area contributed by atoms with Crippen LogP contribution in [-0.4, -0.2) is 24.8 Å². The first-order valence-corrected chi connectivity index (χ1v) is 11.2. The normalized spacial score (nSPS) is 17.9. The fourth-order valence-electron chi connectivity index (χ4n) is 4.39. The first-order valence-electron chi connectivity index (χ1n) is 11.2. The lowest BCUT2D eigenvalue weighted by atomic mass is 9.78. The van der Waals surface area contributed by atoms with Gasteiger partial charge in [-0.2, -0.15) is 0 Å². The Morgan fingerprint density at radius 2 is 1.65 bits per heavy atom. The molecule has 3 aromatic rings. The number of carbonyl (C=O) groups is 1. The minimum atomic E-state index is -0.933. The molecule has 3 aromatic carbocycles. The molecule has 1 saturated carbocycles. The van der Waals surface area contributed by atoms with Crippen molar-refractivity contribution >= 4 is 5.97 Å². The second-order valence-corrected chi connectivity index (χ2v) is 8.49. The third kappa shape index (κ3) is 4.94. The van der Waals surface area contributed by atoms with Gasteiger partial charge in [-0.15, -0.1) is 0 Å². The van der Waals surface area contributed by atoms with Gasteiger partial charge < -0.3 is 14.6 Å². The summed E-state index contributed by atoms with van der Waals surface area (Å²) in [5, 5.41) is 9.28. The second-order valence-electron chi connectivity index (χ2n) is 8.49. The molecule has 0 unspecified atom stereocenters. The van der Waals surface area contributed by atoms with Crippen molar-refractivity contribution < 1.29 is 32.5 Å². The van der Waals surface area contributed by atoms with E-state index in [0.29, 0.717) is 29.7 Å². The van der Waals surface area contributed by atoms with Gasteiger partial charge in [-0.05, 0) is 72.9 Å². The number of halogens is 3. The number of esters is 1. The molecule has 4 rings (SSSR count). The zero-order chi connectivity index (χ0) is 24.2. The molecule has 4 nitrogen and oxygen atoms in total. The highest BCUT2D eigenvalue weighted by Gasteiger charge is 2.26. The molecule has 1 fully saturated rings. The fourth-order valence-corrected chi connectivity index (χ4v) is 4.39. The highest BCUT2D eigenvalue weighted by molar-refractivity contribution is 5.91. The van der Waals surface area contributed by atoms with E-state index in [1.54, 1.807) is 12.1 Å². The topological polar surface area (TPSA) is 55.8 Å². The van der Waals surface area contributed by atoms with Gasteiger partial charge in [0.2, 0.25) is 0 Å². The van der Waals surface area contributed by atoms with Crippen molar-refractivity contribution in [3.05, 3.63) is 83.2 Å². The summed E-state index contributed by atoms with van der Waals surface area (Å²) in [6.07, 6.45) is 3.02. The van der Waals surface area contributed by atoms with Gasteiger partial charge in [-0.1, -0.05) is 24.3 Å². The first kappa shape index (κ1) is 23.8. The minimum Gasteiger partial charge on any atom is -0.497 e. The number of hydrogen-bond donors (Lipinski definition) is 1. The molecule has 0 heterocycles. The lowest BCUT2D eigenvalue weighted by Gasteiger charge is -2.28. The van der Waals surface area contributed by atoms with Crippen LogP contribution in [0.1, 0.15) is 47.5 Å². The highest BCUT2D eigenvalue weighted by atomic mass is 19.2. The van der Waals surface area contributed by atoms with E-state index >= 15 is 0 Å². The van der Waals surface area contributed by atoms with Crippen LogP contribution >= 0.6 is 0 Å². The smallest absolute Gasteiger partial charge is 0.343 e. The molecular weight excluding hydrogens is 445 g/mol. The van der Waals surface area contributed by atoms with Gasteiger partial charge in [-0.3, -0.25) is 0 Å². The molecule has 1 aliphatic rings. The van der Waals surface area contributed by atoms with E-state index in [-0.39, 0.29) is 35.3 Å². The van der Waals surface area contributed by atoms with Crippen LogP contribution in [0.15, 0.2) is 54.6 Å². The Kier molecular flexibility index (Phi) is 7.22. The number of aliphatic hydroxyl groups is 1. The van der Waals surface area contributed by atoms with Crippen LogP contribution in [0.25, 0.3) is 11.1 Å². The SMILES string of the molecule is COc1ccc(OC(=O)c2ccc(-c3ccc(C4CCC(CO)CC4)c(F)c3F)cc2)c(F)c1. The Morgan fingerprint density at radius 1 is 0.941 bits per heavy atom. The zero-order valence-corrected chi connectivity index (χ0v) is 18.7. The van der Waals surface area contributed by atoms with Gasteiger partial charge in [-0.25, -0.2) is 18.0 Å². The van der Waals surface area contributed by atoms with Crippen LogP contribution < -0.4 is 9.47 Å². The van der Waals surface area contributed by atoms with Crippen molar-refractivity contribution in [2.75, 3.05) is 13.7 Å². The predicted molar refractivity (Wildman–Crippen MR) is 121 cm³/mol. The third-order valence-electron chi connectivity index (χ3n) is 6.43. The molecule has 0 atom stereocenters. The number of aliphatic hydroxyl groups excluding tert-OH is 1. The number of ether oxygens (including phenoxy) is 2. The Bertz CT molecular complexity index is 1170. The quantitative estimate of drug-likeness (QED) is 0.341. The molecule has 0 spiro atoms. The van der Waals surface area contributed by atoms with Crippen molar-refractivity contribution in [1.29, 1.82) is 0 Å². The van der Waals surface area contributed by atoms with E-state index in [2.05, 4.69) is 0 Å². The standard InChI is InChI=1S/C27H25F3O4/c1-33-20-10-13-24(23(28)14-20)34-27(32)19-8-6-18(7-9-19)22-12-11-21(25(29)26(22)30)17-4-2-16(15-31)3-5-17/h6-14,16-17,31H,2-5,15H2,1H3. The molecular formula is C27H25F3O4. The Morgan fingerprint density at radius 3 is 2.26 bits per heavy atom. The van der Waals surface area contributed by atoms with E-state index in [1.807, 2.05) is 0 Å². The van der Waals surface area contributed by atoms with Crippen molar-refractivity contribution in [1.82, 2.24) is 0 Å². The summed E-state index contributed by atoms with van der Waals surface area (Å²) in [4.78, 5) is 12.4. The van der Waals surface area contributed by atoms with Crippen molar-refractivity contribution in [3.8, 4) is 22.6 Å². The van der Waals surface area contributed by atoms with Crippen LogP contribution in [0.5, 0.6) is 11.5 Å². The molecule has 0 amide bonds. The largest absolute Gasteiger partial charge is 0.497 e. The Labute approximate surface area is 196 Å². The monoisotopic (exact) mass is 470 g/mol. The van der Waals surface area contributed by atoms with E-state index in [9.17, 15) is 23.1 Å². The number of rotatable bonds is 6. The van der Waals surface area contributed by atoms with E-state index in [4.69, 9.17) is 9.47 Å². The van der Waals surface area contributed by atoms with Gasteiger partial charge in [0, 0.05) is 18.2 Å². The summed E-state index contributed by atoms with van der Waals surface area (Å²) in [5.41, 5.74) is 0.988. The zero-order valence-electron chi connectivity index (χ0n) is 18.7. The van der Waals surface area contributed by atoms with Crippen molar-refractivity contribution in [2.24, 2.45) is 5.92 Å². The molecule has 7 heteroatoms. The molecule has 0 bridgehead atoms. The molecule has 178 valence electrons. The number of methoxy groups -OCH3 is 1. The maximum Gasteiger partial charge on any atom is 0.343 e. The minimum absolute atomic E-state index is 0.0677. The van der Waals surface area contributed by atoms with Gasteiger partial charge in [0.15, 0.2) is 23.2 Å². The lowest BCUT2D eigenvalue weighted by molar-refractivity contribution is 0.0727. The highest BCUT2D eigenvalue weighted by Crippen LogP contribution is 2.38. The predicted octanol–water partition coefficient (Wildman–Crippen LogP) is 6.26. The van der Waals surface area contributed by atoms with Crippen LogP contribution in [0.3, 0.4) is 0 Å². The molecule has 0 radical (unpaired) electrons. The summed E-state index contributed by atoms with van der Waals surface area (Å²) in [6, 6.07) is 12.8. The third-order valence-corrected chi connectivity index (χ3v) is 6.43. The Balaban J connectivity index is 1.49. The van der Waals surface area contributed by atoms with Gasteiger partial charge in [0.05, 0.1) is 12.7 Å². The van der Waals surface area contributed by atoms with E-state index < -0.39 is 23.4 Å². The molecule has 34 heavy (non-hydrogen) atoms. The average Bonchev–Trinajstić information content (AvgIpc) is 2.87. The number of hydrogen-bond acceptors (Lipinski definition) is 4. The van der Waals surface area contributed by atoms with Crippen LogP contribution in [0.2, 0.25) is 0 Å². The maximum atomic E-state index is 14.9. The number of carbonyl (C=O) groups excluding carboxylic acids is 1. The van der Waals surface area contributed by atoms with E-state index in [1.165, 1.54) is 43.5 Å². The van der Waals surface area contributed by atoms with Crippen molar-refractivity contribution in [3.63, 3.8) is 0 Å². The Hall–Kier alpha value is -3.32. The lowest BCUT2D eigenvalue weighted by Crippen LogP contribution is -2.17. The molecule has 0 aliphatic heterocycles. The van der Waals surface area contributed by atoms with Gasteiger partial charge >= 0.3 is 5.97 Å². The van der Waals surface area contributed by atoms with Gasteiger partial charge in [0.25, 0.3) is 0 Å². The van der Waals surface area contributed by atoms with Gasteiger partial charge in [0.1, 0.15) is 5.75 Å². The average molecular weight is 470 g/mol. The summed E-state index contributed by atoms with van der Waals surface area (Å²) < 4.78 is 53.9. The van der Waals surface area contributed by atoms with Crippen LogP contribution in [0, 0.1) is 23.4 Å². The van der Waals surface area contributed by atoms with Crippen LogP contribution in [0.4, 0.5) is 13.2 Å². The summed E-state index contributed by atoms with van der Waals surface area (Å²) in [5.74, 6) is -3.10. The molecule has 0 saturated heterocycles. The fraction of sp³-hybridized carbons (Fsp3) is 0.296. The molecule has 0 aromatic heterocycles. The molecule has 1 N–H and O–H groups in total. The summed E-state index contributed by atoms with van der Waals surface area (Å²) in [6.45, 7) is 0.126. The number of benzene rings is 3. The van der Waals surface area contributed by atoms with Crippen molar-refractivity contribution in [2.45, 2.75) is 31.6 Å². The molecule has 1 aliphatic carbocycles. The maximum absolute atomic E-state index is 14.9. The van der Waals surface area contributed by atoms with E-state index in [0.717, 1.165) is 18.9 Å². The second kappa shape index (κ2) is 10.3. The summed E-state index contributed by atoms with van der Waals surface area (Å²) >= 11 is 0. The summed E-state index contributed by atoms with van der Waals surface area (Å²) in [7, 11) is 1.40.